The van der Waals surface area contributed by atoms with Crippen LogP contribution < -0.4 is 0 Å². The van der Waals surface area contributed by atoms with Crippen molar-refractivity contribution in [2.45, 2.75) is 64.6 Å². The number of benzene rings is 1. The number of hydrogen-bond donors (Lipinski definition) is 0. The van der Waals surface area contributed by atoms with E-state index in [1.54, 1.807) is 6.07 Å². The molecule has 0 bridgehead atoms. The van der Waals surface area contributed by atoms with Crippen LogP contribution in [0.1, 0.15) is 63.5 Å². The van der Waals surface area contributed by atoms with E-state index in [0.717, 1.165) is 35.2 Å². The van der Waals surface area contributed by atoms with Crippen molar-refractivity contribution in [2.24, 2.45) is 0 Å². The molecule has 1 aromatic carbocycles. The van der Waals surface area contributed by atoms with E-state index in [0.29, 0.717) is 30.3 Å². The molecule has 0 spiro atoms. The van der Waals surface area contributed by atoms with Crippen LogP contribution in [-0.4, -0.2) is 23.7 Å². The third-order valence-electron chi connectivity index (χ3n) is 5.85. The molecule has 0 atom stereocenters. The molecule has 1 heterocycles. The van der Waals surface area contributed by atoms with E-state index in [4.69, 9.17) is 4.74 Å². The van der Waals surface area contributed by atoms with E-state index in [2.05, 4.69) is 19.2 Å². The molecule has 2 aliphatic rings. The lowest BCUT2D eigenvalue weighted by Crippen LogP contribution is -2.22. The standard InChI is InChI=1S/C26H33F2NO/c1-6-9-23-16-29(18(2)25(23)19(3)30-17-26(4,5)28)15-22-13-12-21(14-24(22)27)20-10-7-8-11-20/h6,9,12-14,20H,2-3,7-8,10-11,15-17H2,1,4-5H3/b9-6-. The highest BCUT2D eigenvalue weighted by atomic mass is 19.1. The SMILES string of the molecule is C=C(OCC(C)(C)F)C1=C(/C=C\C)CN(Cc2ccc(C3CCCC3)cc2F)C1=C. The van der Waals surface area contributed by atoms with Gasteiger partial charge in [-0.15, -0.1) is 0 Å². The van der Waals surface area contributed by atoms with Gasteiger partial charge in [0.2, 0.25) is 0 Å². The average Bonchev–Trinajstić information content (AvgIpc) is 3.30. The van der Waals surface area contributed by atoms with Gasteiger partial charge in [0.15, 0.2) is 0 Å². The second kappa shape index (κ2) is 9.20. The summed E-state index contributed by atoms with van der Waals surface area (Å²) in [5, 5.41) is 0. The Morgan fingerprint density at radius 3 is 2.60 bits per heavy atom. The van der Waals surface area contributed by atoms with Gasteiger partial charge in [-0.2, -0.15) is 0 Å². The van der Waals surface area contributed by atoms with Gasteiger partial charge in [-0.25, -0.2) is 8.78 Å². The Balaban J connectivity index is 1.74. The van der Waals surface area contributed by atoms with E-state index in [1.807, 2.05) is 30.0 Å². The van der Waals surface area contributed by atoms with Crippen molar-refractivity contribution >= 4 is 0 Å². The molecule has 1 aliphatic carbocycles. The molecule has 30 heavy (non-hydrogen) atoms. The lowest BCUT2D eigenvalue weighted by Gasteiger charge is -2.23. The fraction of sp³-hybridized carbons (Fsp3) is 0.462. The molecule has 0 amide bonds. The smallest absolute Gasteiger partial charge is 0.139 e. The summed E-state index contributed by atoms with van der Waals surface area (Å²) in [4.78, 5) is 2.02. The Hall–Kier alpha value is -2.36. The van der Waals surface area contributed by atoms with Crippen LogP contribution in [0.3, 0.4) is 0 Å². The highest BCUT2D eigenvalue weighted by Crippen LogP contribution is 2.37. The Kier molecular flexibility index (Phi) is 6.84. The Morgan fingerprint density at radius 1 is 1.30 bits per heavy atom. The van der Waals surface area contributed by atoms with Crippen LogP contribution in [0.2, 0.25) is 0 Å². The molecule has 4 heteroatoms. The van der Waals surface area contributed by atoms with Crippen LogP contribution >= 0.6 is 0 Å². The normalized spacial score (nSPS) is 18.2. The quantitative estimate of drug-likeness (QED) is 0.427. The van der Waals surface area contributed by atoms with Gasteiger partial charge in [0.05, 0.1) is 0 Å². The second-order valence-corrected chi connectivity index (χ2v) is 8.97. The summed E-state index contributed by atoms with van der Waals surface area (Å²) < 4.78 is 34.3. The number of allylic oxidation sites excluding steroid dienone is 1. The van der Waals surface area contributed by atoms with Gasteiger partial charge in [-0.05, 0) is 56.7 Å². The molecule has 2 nitrogen and oxygen atoms in total. The summed E-state index contributed by atoms with van der Waals surface area (Å²) in [6, 6.07) is 5.68. The van der Waals surface area contributed by atoms with E-state index in [1.165, 1.54) is 26.7 Å². The van der Waals surface area contributed by atoms with Crippen molar-refractivity contribution < 1.29 is 13.5 Å². The first-order valence-corrected chi connectivity index (χ1v) is 10.8. The zero-order valence-corrected chi connectivity index (χ0v) is 18.4. The monoisotopic (exact) mass is 413 g/mol. The van der Waals surface area contributed by atoms with Crippen LogP contribution in [0.15, 0.2) is 66.1 Å². The summed E-state index contributed by atoms with van der Waals surface area (Å²) >= 11 is 0. The van der Waals surface area contributed by atoms with E-state index in [-0.39, 0.29) is 12.4 Å². The van der Waals surface area contributed by atoms with Gasteiger partial charge in [0.1, 0.15) is 23.9 Å². The summed E-state index contributed by atoms with van der Waals surface area (Å²) in [6.45, 7) is 14.0. The summed E-state index contributed by atoms with van der Waals surface area (Å²) in [6.07, 6.45) is 8.69. The van der Waals surface area contributed by atoms with Gasteiger partial charge in [-0.1, -0.05) is 50.3 Å². The number of alkyl halides is 1. The van der Waals surface area contributed by atoms with Crippen LogP contribution in [0.5, 0.6) is 0 Å². The molecule has 0 saturated heterocycles. The van der Waals surface area contributed by atoms with Crippen molar-refractivity contribution in [3.8, 4) is 0 Å². The maximum Gasteiger partial charge on any atom is 0.139 e. The third kappa shape index (κ3) is 5.21. The molecular weight excluding hydrogens is 380 g/mol. The van der Waals surface area contributed by atoms with Crippen molar-refractivity contribution in [3.05, 3.63) is 83.1 Å². The van der Waals surface area contributed by atoms with Gasteiger partial charge < -0.3 is 9.64 Å². The molecule has 1 aliphatic heterocycles. The molecular formula is C26H33F2NO. The first-order valence-electron chi connectivity index (χ1n) is 10.8. The van der Waals surface area contributed by atoms with Gasteiger partial charge in [0.25, 0.3) is 0 Å². The molecule has 1 saturated carbocycles. The number of ether oxygens (including phenoxy) is 1. The van der Waals surface area contributed by atoms with E-state index < -0.39 is 5.67 Å². The largest absolute Gasteiger partial charge is 0.490 e. The fourth-order valence-electron chi connectivity index (χ4n) is 4.29. The van der Waals surface area contributed by atoms with Crippen molar-refractivity contribution in [2.75, 3.05) is 13.2 Å². The maximum atomic E-state index is 14.9. The number of rotatable bonds is 8. The van der Waals surface area contributed by atoms with Gasteiger partial charge in [0, 0.05) is 29.9 Å². The third-order valence-corrected chi connectivity index (χ3v) is 5.85. The average molecular weight is 414 g/mol. The van der Waals surface area contributed by atoms with E-state index >= 15 is 0 Å². The minimum atomic E-state index is -1.45. The highest BCUT2D eigenvalue weighted by Gasteiger charge is 2.29. The molecule has 0 aromatic heterocycles. The molecule has 0 radical (unpaired) electrons. The zero-order chi connectivity index (χ0) is 21.9. The minimum Gasteiger partial charge on any atom is -0.490 e. The fourth-order valence-corrected chi connectivity index (χ4v) is 4.29. The van der Waals surface area contributed by atoms with E-state index in [9.17, 15) is 8.78 Å². The molecule has 162 valence electrons. The van der Waals surface area contributed by atoms with Crippen LogP contribution in [0.4, 0.5) is 8.78 Å². The highest BCUT2D eigenvalue weighted by molar-refractivity contribution is 5.53. The lowest BCUT2D eigenvalue weighted by molar-refractivity contribution is 0.0803. The van der Waals surface area contributed by atoms with Crippen molar-refractivity contribution in [3.63, 3.8) is 0 Å². The Labute approximate surface area is 179 Å². The number of halogens is 2. The zero-order valence-electron chi connectivity index (χ0n) is 18.4. The topological polar surface area (TPSA) is 12.5 Å². The Morgan fingerprint density at radius 2 is 2.00 bits per heavy atom. The summed E-state index contributed by atoms with van der Waals surface area (Å²) in [5.41, 5.74) is 2.80. The van der Waals surface area contributed by atoms with Crippen LogP contribution in [-0.2, 0) is 11.3 Å². The molecule has 1 fully saturated rings. The Bertz CT molecular complexity index is 870. The second-order valence-electron chi connectivity index (χ2n) is 8.97. The molecule has 1 aromatic rings. The molecule has 0 N–H and O–H groups in total. The van der Waals surface area contributed by atoms with Gasteiger partial charge in [-0.3, -0.25) is 0 Å². The van der Waals surface area contributed by atoms with Crippen molar-refractivity contribution in [1.82, 2.24) is 4.90 Å². The predicted octanol–water partition coefficient (Wildman–Crippen LogP) is 6.96. The summed E-state index contributed by atoms with van der Waals surface area (Å²) in [7, 11) is 0. The number of nitrogens with zero attached hydrogens (tertiary/aromatic N) is 1. The molecule has 3 rings (SSSR count). The summed E-state index contributed by atoms with van der Waals surface area (Å²) in [5.74, 6) is 0.728. The van der Waals surface area contributed by atoms with Crippen LogP contribution in [0.25, 0.3) is 0 Å². The van der Waals surface area contributed by atoms with Crippen molar-refractivity contribution in [1.29, 1.82) is 0 Å². The minimum absolute atomic E-state index is 0.0804. The van der Waals surface area contributed by atoms with Gasteiger partial charge >= 0.3 is 0 Å². The first-order chi connectivity index (χ1) is 14.2. The maximum absolute atomic E-state index is 14.9. The van der Waals surface area contributed by atoms with Crippen LogP contribution in [0, 0.1) is 5.82 Å². The number of hydrogen-bond acceptors (Lipinski definition) is 2. The molecule has 0 unspecified atom stereocenters. The first kappa shape index (κ1) is 22.3. The predicted molar refractivity (Wildman–Crippen MR) is 119 cm³/mol. The lowest BCUT2D eigenvalue weighted by atomic mass is 9.96.